The number of aromatic nitrogens is 1. The summed E-state index contributed by atoms with van der Waals surface area (Å²) in [4.78, 5) is 38.7. The number of nitrogens with zero attached hydrogens (tertiary/aromatic N) is 2. The summed E-state index contributed by atoms with van der Waals surface area (Å²) >= 11 is 0. The number of nitrogens with one attached hydrogen (secondary N) is 2. The Kier molecular flexibility index (Phi) is 7.56. The largest absolute Gasteiger partial charge is 0.376 e. The van der Waals surface area contributed by atoms with Gasteiger partial charge in [0.15, 0.2) is 5.82 Å². The van der Waals surface area contributed by atoms with E-state index in [4.69, 9.17) is 9.26 Å². The van der Waals surface area contributed by atoms with Gasteiger partial charge in [0.1, 0.15) is 12.3 Å². The molecule has 3 rings (SSSR count). The monoisotopic (exact) mass is 414 g/mol. The first-order valence-corrected chi connectivity index (χ1v) is 9.98. The van der Waals surface area contributed by atoms with Crippen molar-refractivity contribution in [3.05, 3.63) is 42.2 Å². The SMILES string of the molecule is Cc1cc(NC(=O)CCC(=O)N(CC(=O)NCC2CCCO2)c2ccccc2)no1. The van der Waals surface area contributed by atoms with Gasteiger partial charge in [0.05, 0.1) is 6.10 Å². The maximum atomic E-state index is 12.8. The van der Waals surface area contributed by atoms with E-state index in [1.54, 1.807) is 37.3 Å². The Morgan fingerprint density at radius 2 is 1.97 bits per heavy atom. The molecule has 160 valence electrons. The average Bonchev–Trinajstić information content (AvgIpc) is 3.41. The molecule has 1 fully saturated rings. The molecule has 1 atom stereocenters. The van der Waals surface area contributed by atoms with Crippen molar-refractivity contribution >= 4 is 29.2 Å². The van der Waals surface area contributed by atoms with E-state index in [-0.39, 0.29) is 43.2 Å². The predicted octanol–water partition coefficient (Wildman–Crippen LogP) is 2.03. The van der Waals surface area contributed by atoms with Gasteiger partial charge in [-0.25, -0.2) is 0 Å². The number of aryl methyl sites for hydroxylation is 1. The van der Waals surface area contributed by atoms with Gasteiger partial charge in [0.25, 0.3) is 0 Å². The van der Waals surface area contributed by atoms with Gasteiger partial charge in [-0.1, -0.05) is 23.4 Å². The Labute approximate surface area is 174 Å². The van der Waals surface area contributed by atoms with Crippen LogP contribution < -0.4 is 15.5 Å². The number of anilines is 2. The quantitative estimate of drug-likeness (QED) is 0.649. The van der Waals surface area contributed by atoms with E-state index >= 15 is 0 Å². The zero-order valence-electron chi connectivity index (χ0n) is 16.9. The maximum absolute atomic E-state index is 12.8. The molecule has 9 heteroatoms. The van der Waals surface area contributed by atoms with Crippen LogP contribution in [0.5, 0.6) is 0 Å². The molecule has 2 N–H and O–H groups in total. The summed E-state index contributed by atoms with van der Waals surface area (Å²) in [5, 5.41) is 9.10. The minimum Gasteiger partial charge on any atom is -0.376 e. The molecule has 2 heterocycles. The molecule has 9 nitrogen and oxygen atoms in total. The minimum atomic E-state index is -0.354. The highest BCUT2D eigenvalue weighted by Gasteiger charge is 2.22. The highest BCUT2D eigenvalue weighted by Crippen LogP contribution is 2.16. The molecule has 0 saturated carbocycles. The number of benzene rings is 1. The Hall–Kier alpha value is -3.20. The Balaban J connectivity index is 1.55. The van der Waals surface area contributed by atoms with E-state index in [0.717, 1.165) is 12.8 Å². The van der Waals surface area contributed by atoms with Crippen molar-refractivity contribution in [2.45, 2.75) is 38.7 Å². The van der Waals surface area contributed by atoms with Crippen molar-refractivity contribution in [1.82, 2.24) is 10.5 Å². The number of carbonyl (C=O) groups excluding carboxylic acids is 3. The van der Waals surface area contributed by atoms with Crippen molar-refractivity contribution in [3.8, 4) is 0 Å². The fourth-order valence-electron chi connectivity index (χ4n) is 3.15. The molecule has 30 heavy (non-hydrogen) atoms. The van der Waals surface area contributed by atoms with E-state index in [1.165, 1.54) is 4.90 Å². The molecule has 1 aliphatic heterocycles. The van der Waals surface area contributed by atoms with Crippen LogP contribution in [0.1, 0.15) is 31.4 Å². The normalized spacial score (nSPS) is 15.6. The summed E-state index contributed by atoms with van der Waals surface area (Å²) in [6.45, 7) is 2.73. The van der Waals surface area contributed by atoms with E-state index in [1.807, 2.05) is 6.07 Å². The van der Waals surface area contributed by atoms with E-state index in [9.17, 15) is 14.4 Å². The average molecular weight is 414 g/mol. The highest BCUT2D eigenvalue weighted by molar-refractivity contribution is 6.01. The third kappa shape index (κ3) is 6.41. The lowest BCUT2D eigenvalue weighted by Gasteiger charge is -2.23. The van der Waals surface area contributed by atoms with Crippen LogP contribution in [-0.2, 0) is 19.1 Å². The first kappa shape index (κ1) is 21.5. The van der Waals surface area contributed by atoms with E-state index in [2.05, 4.69) is 15.8 Å². The summed E-state index contributed by atoms with van der Waals surface area (Å²) in [7, 11) is 0. The van der Waals surface area contributed by atoms with Crippen LogP contribution in [0.4, 0.5) is 11.5 Å². The first-order valence-electron chi connectivity index (χ1n) is 9.98. The van der Waals surface area contributed by atoms with Gasteiger partial charge in [0.2, 0.25) is 17.7 Å². The Morgan fingerprint density at radius 1 is 1.17 bits per heavy atom. The molecule has 1 aromatic heterocycles. The number of hydrogen-bond acceptors (Lipinski definition) is 6. The van der Waals surface area contributed by atoms with Crippen LogP contribution >= 0.6 is 0 Å². The zero-order chi connectivity index (χ0) is 21.3. The first-order chi connectivity index (χ1) is 14.5. The van der Waals surface area contributed by atoms with Gasteiger partial charge < -0.3 is 24.8 Å². The summed E-state index contributed by atoms with van der Waals surface area (Å²) in [6.07, 6.45) is 1.86. The maximum Gasteiger partial charge on any atom is 0.240 e. The standard InChI is InChI=1S/C21H26N4O5/c1-15-12-18(24-30-15)23-19(26)9-10-21(28)25(16-6-3-2-4-7-16)14-20(27)22-13-17-8-5-11-29-17/h2-4,6-7,12,17H,5,8-11,13-14H2,1H3,(H,22,27)(H,23,24,26). The molecule has 3 amide bonds. The lowest BCUT2D eigenvalue weighted by molar-refractivity contribution is -0.125. The van der Waals surface area contributed by atoms with Gasteiger partial charge in [-0.05, 0) is 31.9 Å². The second kappa shape index (κ2) is 10.5. The third-order valence-corrected chi connectivity index (χ3v) is 4.68. The molecular weight excluding hydrogens is 388 g/mol. The van der Waals surface area contributed by atoms with Crippen molar-refractivity contribution in [2.75, 3.05) is 29.9 Å². The van der Waals surface area contributed by atoms with Crippen molar-refractivity contribution in [2.24, 2.45) is 0 Å². The van der Waals surface area contributed by atoms with Gasteiger partial charge >= 0.3 is 0 Å². The Morgan fingerprint density at radius 3 is 2.63 bits per heavy atom. The smallest absolute Gasteiger partial charge is 0.240 e. The van der Waals surface area contributed by atoms with Gasteiger partial charge in [-0.3, -0.25) is 14.4 Å². The van der Waals surface area contributed by atoms with Gasteiger partial charge in [0, 0.05) is 37.7 Å². The molecular formula is C21H26N4O5. The predicted molar refractivity (Wildman–Crippen MR) is 110 cm³/mol. The van der Waals surface area contributed by atoms with Crippen LogP contribution in [-0.4, -0.2) is 48.7 Å². The number of amides is 3. The van der Waals surface area contributed by atoms with Crippen LogP contribution in [0, 0.1) is 6.92 Å². The molecule has 0 aliphatic carbocycles. The summed E-state index contributed by atoms with van der Waals surface area (Å²) in [5.74, 6) is -0.0679. The molecule has 1 aromatic carbocycles. The van der Waals surface area contributed by atoms with E-state index in [0.29, 0.717) is 30.4 Å². The number of carbonyl (C=O) groups is 3. The Bertz CT molecular complexity index is 861. The highest BCUT2D eigenvalue weighted by atomic mass is 16.5. The number of para-hydroxylation sites is 1. The van der Waals surface area contributed by atoms with Crippen molar-refractivity contribution in [3.63, 3.8) is 0 Å². The molecule has 1 saturated heterocycles. The topological polar surface area (TPSA) is 114 Å². The summed E-state index contributed by atoms with van der Waals surface area (Å²) in [6, 6.07) is 10.5. The molecule has 0 bridgehead atoms. The lowest BCUT2D eigenvalue weighted by atomic mass is 10.2. The number of rotatable bonds is 9. The molecule has 0 radical (unpaired) electrons. The van der Waals surface area contributed by atoms with Crippen LogP contribution in [0.25, 0.3) is 0 Å². The third-order valence-electron chi connectivity index (χ3n) is 4.68. The number of hydrogen-bond donors (Lipinski definition) is 2. The fraction of sp³-hybridized carbons (Fsp3) is 0.429. The number of ether oxygens (including phenoxy) is 1. The van der Waals surface area contributed by atoms with Gasteiger partial charge in [-0.2, -0.15) is 0 Å². The molecule has 2 aromatic rings. The summed E-state index contributed by atoms with van der Waals surface area (Å²) in [5.41, 5.74) is 0.599. The summed E-state index contributed by atoms with van der Waals surface area (Å²) < 4.78 is 10.4. The minimum absolute atomic E-state index is 0.0266. The fourth-order valence-corrected chi connectivity index (χ4v) is 3.15. The van der Waals surface area contributed by atoms with Crippen molar-refractivity contribution in [1.29, 1.82) is 0 Å². The van der Waals surface area contributed by atoms with Crippen LogP contribution in [0.3, 0.4) is 0 Å². The van der Waals surface area contributed by atoms with Crippen molar-refractivity contribution < 1.29 is 23.6 Å². The zero-order valence-corrected chi connectivity index (χ0v) is 16.9. The lowest BCUT2D eigenvalue weighted by Crippen LogP contribution is -2.43. The van der Waals surface area contributed by atoms with Gasteiger partial charge in [-0.15, -0.1) is 0 Å². The molecule has 1 aliphatic rings. The van der Waals surface area contributed by atoms with E-state index < -0.39 is 0 Å². The van der Waals surface area contributed by atoms with Crippen LogP contribution in [0.2, 0.25) is 0 Å². The molecule has 1 unspecified atom stereocenters. The van der Waals surface area contributed by atoms with Crippen LogP contribution in [0.15, 0.2) is 40.9 Å². The second-order valence-electron chi connectivity index (χ2n) is 7.13. The molecule has 0 spiro atoms. The second-order valence-corrected chi connectivity index (χ2v) is 7.13.